The zero-order valence-corrected chi connectivity index (χ0v) is 18.7. The van der Waals surface area contributed by atoms with Crippen LogP contribution in [-0.4, -0.2) is 49.7 Å². The Bertz CT molecular complexity index is 597. The first-order valence-corrected chi connectivity index (χ1v) is 9.05. The first kappa shape index (κ1) is 23.0. The summed E-state index contributed by atoms with van der Waals surface area (Å²) < 4.78 is 18.8. The van der Waals surface area contributed by atoms with Crippen molar-refractivity contribution in [2.45, 2.75) is 46.3 Å². The Labute approximate surface area is 173 Å². The summed E-state index contributed by atoms with van der Waals surface area (Å²) in [5.74, 6) is 1.24. The average molecular weight is 478 g/mol. The molecule has 1 heterocycles. The summed E-state index contributed by atoms with van der Waals surface area (Å²) >= 11 is 0. The lowest BCUT2D eigenvalue weighted by Gasteiger charge is -2.22. The number of hydrogen-bond donors (Lipinski definition) is 2. The number of aliphatic imine (C=N–C) groups is 1. The van der Waals surface area contributed by atoms with Crippen LogP contribution in [0.2, 0.25) is 0 Å². The number of benzene rings is 1. The lowest BCUT2D eigenvalue weighted by molar-refractivity contribution is 0.265. The molecule has 0 spiro atoms. The lowest BCUT2D eigenvalue weighted by Crippen LogP contribution is -2.46. The summed E-state index contributed by atoms with van der Waals surface area (Å²) in [6.07, 6.45) is 0. The minimum Gasteiger partial charge on any atom is -0.494 e. The highest BCUT2D eigenvalue weighted by molar-refractivity contribution is 14.0. The molecule has 26 heavy (non-hydrogen) atoms. The van der Waals surface area contributed by atoms with Crippen molar-refractivity contribution in [1.82, 2.24) is 15.5 Å². The Morgan fingerprint density at radius 3 is 2.65 bits per heavy atom. The van der Waals surface area contributed by atoms with Crippen LogP contribution in [-0.2, 0) is 6.54 Å². The first-order chi connectivity index (χ1) is 11.9. The molecule has 1 saturated heterocycles. The second-order valence-electron chi connectivity index (χ2n) is 6.94. The van der Waals surface area contributed by atoms with Crippen molar-refractivity contribution < 1.29 is 9.13 Å². The van der Waals surface area contributed by atoms with Crippen LogP contribution in [0.4, 0.5) is 4.39 Å². The Balaban J connectivity index is 0.00000338. The number of likely N-dealkylation sites (tertiary alicyclic amines) is 1. The van der Waals surface area contributed by atoms with E-state index in [1.807, 2.05) is 13.0 Å². The number of methoxy groups -OCH3 is 1. The minimum atomic E-state index is -0.356. The van der Waals surface area contributed by atoms with E-state index < -0.39 is 0 Å². The third-order valence-corrected chi connectivity index (χ3v) is 4.67. The molecule has 1 aliphatic rings. The van der Waals surface area contributed by atoms with Gasteiger partial charge in [0.15, 0.2) is 17.5 Å². The van der Waals surface area contributed by atoms with Gasteiger partial charge in [0.1, 0.15) is 0 Å². The monoisotopic (exact) mass is 478 g/mol. The number of nitrogens with zero attached hydrogens (tertiary/aromatic N) is 2. The van der Waals surface area contributed by atoms with E-state index in [-0.39, 0.29) is 35.5 Å². The van der Waals surface area contributed by atoms with Gasteiger partial charge in [0.05, 0.1) is 13.7 Å². The van der Waals surface area contributed by atoms with Crippen molar-refractivity contribution in [3.05, 3.63) is 29.6 Å². The Kier molecular flexibility index (Phi) is 9.63. The molecule has 0 bridgehead atoms. The molecule has 0 radical (unpaired) electrons. The number of nitrogens with one attached hydrogen (secondary N) is 2. The molecule has 5 nitrogen and oxygen atoms in total. The second kappa shape index (κ2) is 10.9. The highest BCUT2D eigenvalue weighted by atomic mass is 127. The highest BCUT2D eigenvalue weighted by Crippen LogP contribution is 2.19. The van der Waals surface area contributed by atoms with Crippen LogP contribution in [0.5, 0.6) is 5.75 Å². The van der Waals surface area contributed by atoms with E-state index in [1.54, 1.807) is 6.07 Å². The summed E-state index contributed by atoms with van der Waals surface area (Å²) in [7, 11) is 1.46. The van der Waals surface area contributed by atoms with Gasteiger partial charge < -0.3 is 15.4 Å². The Morgan fingerprint density at radius 2 is 2.12 bits per heavy atom. The van der Waals surface area contributed by atoms with Crippen LogP contribution >= 0.6 is 24.0 Å². The number of rotatable bonds is 6. The third kappa shape index (κ3) is 6.26. The van der Waals surface area contributed by atoms with Gasteiger partial charge in [-0.2, -0.15) is 0 Å². The molecule has 1 aromatic carbocycles. The Morgan fingerprint density at radius 1 is 1.38 bits per heavy atom. The predicted octanol–water partition coefficient (Wildman–Crippen LogP) is 3.24. The molecule has 1 aliphatic heterocycles. The van der Waals surface area contributed by atoms with Crippen molar-refractivity contribution >= 4 is 29.9 Å². The predicted molar refractivity (Wildman–Crippen MR) is 116 cm³/mol. The second-order valence-corrected chi connectivity index (χ2v) is 6.94. The fourth-order valence-corrected chi connectivity index (χ4v) is 3.09. The molecule has 1 aromatic rings. The maximum Gasteiger partial charge on any atom is 0.191 e. The van der Waals surface area contributed by atoms with Crippen molar-refractivity contribution in [3.8, 4) is 5.75 Å². The molecule has 7 heteroatoms. The molecule has 0 aromatic heterocycles. The molecule has 0 amide bonds. The van der Waals surface area contributed by atoms with E-state index in [1.165, 1.54) is 13.2 Å². The Hall–Kier alpha value is -1.09. The van der Waals surface area contributed by atoms with Gasteiger partial charge in [0, 0.05) is 31.7 Å². The smallest absolute Gasteiger partial charge is 0.191 e. The average Bonchev–Trinajstić information content (AvgIpc) is 2.94. The van der Waals surface area contributed by atoms with E-state index in [9.17, 15) is 4.39 Å². The van der Waals surface area contributed by atoms with Crippen LogP contribution < -0.4 is 15.4 Å². The lowest BCUT2D eigenvalue weighted by atomic mass is 10.1. The van der Waals surface area contributed by atoms with E-state index in [4.69, 9.17) is 4.74 Å². The number of ether oxygens (including phenoxy) is 1. The molecule has 2 unspecified atom stereocenters. The van der Waals surface area contributed by atoms with Crippen LogP contribution in [0.1, 0.15) is 33.3 Å². The van der Waals surface area contributed by atoms with Gasteiger partial charge in [-0.05, 0) is 44.4 Å². The zero-order chi connectivity index (χ0) is 18.4. The van der Waals surface area contributed by atoms with Gasteiger partial charge in [-0.15, -0.1) is 24.0 Å². The van der Waals surface area contributed by atoms with Crippen molar-refractivity contribution in [2.75, 3.05) is 26.7 Å². The quantitative estimate of drug-likeness (QED) is 0.375. The largest absolute Gasteiger partial charge is 0.494 e. The van der Waals surface area contributed by atoms with E-state index >= 15 is 0 Å². The molecule has 148 valence electrons. The molecule has 0 saturated carbocycles. The molecule has 2 N–H and O–H groups in total. The molecule has 1 fully saturated rings. The third-order valence-electron chi connectivity index (χ3n) is 4.67. The van der Waals surface area contributed by atoms with Crippen LogP contribution in [0.3, 0.4) is 0 Å². The van der Waals surface area contributed by atoms with E-state index in [2.05, 4.69) is 41.3 Å². The van der Waals surface area contributed by atoms with Crippen LogP contribution in [0, 0.1) is 11.7 Å². The van der Waals surface area contributed by atoms with Gasteiger partial charge >= 0.3 is 0 Å². The van der Waals surface area contributed by atoms with Gasteiger partial charge in [-0.3, -0.25) is 4.90 Å². The van der Waals surface area contributed by atoms with Crippen molar-refractivity contribution in [3.63, 3.8) is 0 Å². The van der Waals surface area contributed by atoms with E-state index in [0.717, 1.165) is 31.2 Å². The summed E-state index contributed by atoms with van der Waals surface area (Å²) in [5.41, 5.74) is 0.818. The summed E-state index contributed by atoms with van der Waals surface area (Å²) in [6.45, 7) is 12.1. The maximum atomic E-state index is 13.8. The topological polar surface area (TPSA) is 48.9 Å². The number of guanidine groups is 1. The van der Waals surface area contributed by atoms with Gasteiger partial charge in [-0.1, -0.05) is 13.0 Å². The molecule has 0 aliphatic carbocycles. The number of halogens is 2. The van der Waals surface area contributed by atoms with Crippen LogP contribution in [0.15, 0.2) is 23.2 Å². The van der Waals surface area contributed by atoms with Crippen molar-refractivity contribution in [1.29, 1.82) is 0 Å². The fourth-order valence-electron chi connectivity index (χ4n) is 3.09. The maximum absolute atomic E-state index is 13.8. The van der Waals surface area contributed by atoms with E-state index in [0.29, 0.717) is 24.5 Å². The molecular formula is C19H32FIN4O. The van der Waals surface area contributed by atoms with Crippen molar-refractivity contribution in [2.24, 2.45) is 10.9 Å². The highest BCUT2D eigenvalue weighted by Gasteiger charge is 2.31. The fraction of sp³-hybridized carbons (Fsp3) is 0.632. The summed E-state index contributed by atoms with van der Waals surface area (Å²) in [6, 6.07) is 5.88. The summed E-state index contributed by atoms with van der Waals surface area (Å²) in [5, 5.41) is 6.82. The van der Waals surface area contributed by atoms with Gasteiger partial charge in [0.2, 0.25) is 0 Å². The van der Waals surface area contributed by atoms with Gasteiger partial charge in [-0.25, -0.2) is 9.38 Å². The molecular weight excluding hydrogens is 446 g/mol. The zero-order valence-electron chi connectivity index (χ0n) is 16.4. The first-order valence-electron chi connectivity index (χ1n) is 9.05. The standard InChI is InChI=1S/C19H31FN4O.HI/c1-6-21-19(23-17-12-24(13(2)3)11-14(17)4)22-10-15-7-8-18(25-5)16(20)9-15;/h7-9,13-14,17H,6,10-12H2,1-5H3,(H2,21,22,23);1H. The number of hydrogen-bond acceptors (Lipinski definition) is 3. The van der Waals surface area contributed by atoms with Gasteiger partial charge in [0.25, 0.3) is 0 Å². The minimum absolute atomic E-state index is 0. The summed E-state index contributed by atoms with van der Waals surface area (Å²) in [4.78, 5) is 7.09. The SMILES string of the molecule is CCNC(=NCc1ccc(OC)c(F)c1)NC1CN(C(C)C)CC1C.I. The molecule has 2 atom stereocenters. The molecule has 2 rings (SSSR count). The normalized spacial score (nSPS) is 20.8. The van der Waals surface area contributed by atoms with Crippen LogP contribution in [0.25, 0.3) is 0 Å².